The zero-order chi connectivity index (χ0) is 13.9. The molecule has 1 aliphatic heterocycles. The number of alkyl halides is 3. The predicted octanol–water partition coefficient (Wildman–Crippen LogP) is 2.07. The van der Waals surface area contributed by atoms with Gasteiger partial charge in [0.1, 0.15) is 0 Å². The molecule has 1 amide bonds. The molecular weight excluding hydrogens is 257 g/mol. The van der Waals surface area contributed by atoms with Gasteiger partial charge in [-0.2, -0.15) is 13.2 Å². The summed E-state index contributed by atoms with van der Waals surface area (Å²) in [5, 5.41) is 5.56. The number of hydrogen-bond acceptors (Lipinski definition) is 2. The van der Waals surface area contributed by atoms with Crippen LogP contribution in [0, 0.1) is 0 Å². The highest BCUT2D eigenvalue weighted by atomic mass is 19.4. The van der Waals surface area contributed by atoms with Gasteiger partial charge in [-0.3, -0.25) is 4.79 Å². The summed E-state index contributed by atoms with van der Waals surface area (Å²) in [6.07, 6.45) is -2.75. The molecule has 0 bridgehead atoms. The SMILES string of the molecule is O=C(NCc1ccccc1C(F)(F)F)C1CCCN1. The molecular formula is C13H15F3N2O. The molecule has 104 valence electrons. The summed E-state index contributed by atoms with van der Waals surface area (Å²) >= 11 is 0. The number of rotatable bonds is 3. The van der Waals surface area contributed by atoms with Gasteiger partial charge in [0, 0.05) is 6.54 Å². The number of carbonyl (C=O) groups excluding carboxylic acids is 1. The van der Waals surface area contributed by atoms with Gasteiger partial charge in [0.15, 0.2) is 0 Å². The average molecular weight is 272 g/mol. The van der Waals surface area contributed by atoms with E-state index in [9.17, 15) is 18.0 Å². The summed E-state index contributed by atoms with van der Waals surface area (Å²) < 4.78 is 38.2. The van der Waals surface area contributed by atoms with Crippen LogP contribution < -0.4 is 10.6 Å². The molecule has 1 aromatic rings. The summed E-state index contributed by atoms with van der Waals surface area (Å²) in [6, 6.07) is 5.00. The molecule has 0 aromatic heterocycles. The fourth-order valence-corrected chi connectivity index (χ4v) is 2.16. The topological polar surface area (TPSA) is 41.1 Å². The zero-order valence-electron chi connectivity index (χ0n) is 10.3. The lowest BCUT2D eigenvalue weighted by atomic mass is 10.1. The van der Waals surface area contributed by atoms with Crippen molar-refractivity contribution in [1.29, 1.82) is 0 Å². The Labute approximate surface area is 109 Å². The van der Waals surface area contributed by atoms with Gasteiger partial charge < -0.3 is 10.6 Å². The van der Waals surface area contributed by atoms with E-state index in [1.54, 1.807) is 0 Å². The maximum Gasteiger partial charge on any atom is 0.416 e. The molecule has 0 spiro atoms. The van der Waals surface area contributed by atoms with Crippen LogP contribution in [-0.2, 0) is 17.5 Å². The van der Waals surface area contributed by atoms with E-state index in [-0.39, 0.29) is 24.1 Å². The minimum Gasteiger partial charge on any atom is -0.351 e. The van der Waals surface area contributed by atoms with E-state index in [1.807, 2.05) is 0 Å². The molecule has 1 fully saturated rings. The van der Waals surface area contributed by atoms with Gasteiger partial charge >= 0.3 is 6.18 Å². The molecule has 1 aliphatic rings. The third-order valence-electron chi connectivity index (χ3n) is 3.15. The van der Waals surface area contributed by atoms with Crippen molar-refractivity contribution >= 4 is 5.91 Å². The lowest BCUT2D eigenvalue weighted by Crippen LogP contribution is -2.40. The second-order valence-corrected chi connectivity index (χ2v) is 4.52. The largest absolute Gasteiger partial charge is 0.416 e. The highest BCUT2D eigenvalue weighted by Gasteiger charge is 2.33. The zero-order valence-corrected chi connectivity index (χ0v) is 10.3. The van der Waals surface area contributed by atoms with Crippen molar-refractivity contribution < 1.29 is 18.0 Å². The van der Waals surface area contributed by atoms with Crippen LogP contribution in [-0.4, -0.2) is 18.5 Å². The minimum absolute atomic E-state index is 0.0846. The molecule has 0 radical (unpaired) electrons. The normalized spacial score (nSPS) is 19.4. The van der Waals surface area contributed by atoms with Crippen LogP contribution in [0.3, 0.4) is 0 Å². The van der Waals surface area contributed by atoms with Crippen molar-refractivity contribution in [3.8, 4) is 0 Å². The number of amides is 1. The molecule has 19 heavy (non-hydrogen) atoms. The Balaban J connectivity index is 2.01. The van der Waals surface area contributed by atoms with Crippen LogP contribution in [0.4, 0.5) is 13.2 Å². The van der Waals surface area contributed by atoms with Crippen molar-refractivity contribution in [2.24, 2.45) is 0 Å². The Bertz CT molecular complexity index is 453. The van der Waals surface area contributed by atoms with E-state index in [2.05, 4.69) is 10.6 Å². The number of benzene rings is 1. The van der Waals surface area contributed by atoms with Gasteiger partial charge in [-0.05, 0) is 31.0 Å². The van der Waals surface area contributed by atoms with Gasteiger partial charge in [0.25, 0.3) is 0 Å². The maximum absolute atomic E-state index is 12.7. The Kier molecular flexibility index (Phi) is 4.09. The van der Waals surface area contributed by atoms with Crippen molar-refractivity contribution in [3.05, 3.63) is 35.4 Å². The number of hydrogen-bond donors (Lipinski definition) is 2. The highest BCUT2D eigenvalue weighted by molar-refractivity contribution is 5.82. The van der Waals surface area contributed by atoms with Crippen LogP contribution in [0.1, 0.15) is 24.0 Å². The smallest absolute Gasteiger partial charge is 0.351 e. The third kappa shape index (κ3) is 3.47. The number of halogens is 3. The second-order valence-electron chi connectivity index (χ2n) is 4.52. The fourth-order valence-electron chi connectivity index (χ4n) is 2.16. The predicted molar refractivity (Wildman–Crippen MR) is 64.3 cm³/mol. The van der Waals surface area contributed by atoms with E-state index in [1.165, 1.54) is 18.2 Å². The first-order chi connectivity index (χ1) is 8.98. The monoisotopic (exact) mass is 272 g/mol. The molecule has 1 atom stereocenters. The van der Waals surface area contributed by atoms with Crippen LogP contribution in [0.5, 0.6) is 0 Å². The molecule has 0 aliphatic carbocycles. The van der Waals surface area contributed by atoms with Crippen molar-refractivity contribution in [1.82, 2.24) is 10.6 Å². The van der Waals surface area contributed by atoms with Crippen LogP contribution in [0.15, 0.2) is 24.3 Å². The molecule has 6 heteroatoms. The van der Waals surface area contributed by atoms with E-state index < -0.39 is 11.7 Å². The molecule has 1 unspecified atom stereocenters. The fraction of sp³-hybridized carbons (Fsp3) is 0.462. The molecule has 1 aromatic carbocycles. The lowest BCUT2D eigenvalue weighted by molar-refractivity contribution is -0.138. The maximum atomic E-state index is 12.7. The van der Waals surface area contributed by atoms with Gasteiger partial charge in [-0.25, -0.2) is 0 Å². The van der Waals surface area contributed by atoms with E-state index in [0.29, 0.717) is 0 Å². The Hall–Kier alpha value is -1.56. The Morgan fingerprint density at radius 3 is 2.74 bits per heavy atom. The average Bonchev–Trinajstić information content (AvgIpc) is 2.89. The van der Waals surface area contributed by atoms with E-state index in [4.69, 9.17) is 0 Å². The summed E-state index contributed by atoms with van der Waals surface area (Å²) in [5.74, 6) is -0.241. The molecule has 2 rings (SSSR count). The van der Waals surface area contributed by atoms with Gasteiger partial charge in [-0.1, -0.05) is 18.2 Å². The number of carbonyl (C=O) groups is 1. The van der Waals surface area contributed by atoms with Gasteiger partial charge in [0.05, 0.1) is 11.6 Å². The molecule has 3 nitrogen and oxygen atoms in total. The number of nitrogens with one attached hydrogen (secondary N) is 2. The summed E-state index contributed by atoms with van der Waals surface area (Å²) in [5.41, 5.74) is -0.615. The van der Waals surface area contributed by atoms with Crippen LogP contribution >= 0.6 is 0 Å². The van der Waals surface area contributed by atoms with Gasteiger partial charge in [0.2, 0.25) is 5.91 Å². The summed E-state index contributed by atoms with van der Waals surface area (Å²) in [6.45, 7) is 0.671. The Morgan fingerprint density at radius 1 is 1.37 bits per heavy atom. The molecule has 2 N–H and O–H groups in total. The summed E-state index contributed by atoms with van der Waals surface area (Å²) in [7, 11) is 0. The first-order valence-corrected chi connectivity index (χ1v) is 6.14. The minimum atomic E-state index is -4.40. The standard InChI is InChI=1S/C13H15F3N2O/c14-13(15,16)10-5-2-1-4-9(10)8-18-12(19)11-6-3-7-17-11/h1-2,4-5,11,17H,3,6-8H2,(H,18,19). The quantitative estimate of drug-likeness (QED) is 0.884. The first kappa shape index (κ1) is 13.9. The van der Waals surface area contributed by atoms with Gasteiger partial charge in [-0.15, -0.1) is 0 Å². The van der Waals surface area contributed by atoms with Crippen molar-refractivity contribution in [2.75, 3.05) is 6.54 Å². The molecule has 0 saturated carbocycles. The van der Waals surface area contributed by atoms with Crippen molar-refractivity contribution in [2.45, 2.75) is 31.6 Å². The second kappa shape index (κ2) is 5.61. The van der Waals surface area contributed by atoms with Crippen LogP contribution in [0.2, 0.25) is 0 Å². The highest BCUT2D eigenvalue weighted by Crippen LogP contribution is 2.31. The summed E-state index contributed by atoms with van der Waals surface area (Å²) in [4.78, 5) is 11.7. The van der Waals surface area contributed by atoms with Crippen LogP contribution in [0.25, 0.3) is 0 Å². The Morgan fingerprint density at radius 2 is 2.11 bits per heavy atom. The molecule has 1 saturated heterocycles. The third-order valence-corrected chi connectivity index (χ3v) is 3.15. The lowest BCUT2D eigenvalue weighted by Gasteiger charge is -2.15. The van der Waals surface area contributed by atoms with E-state index in [0.717, 1.165) is 25.5 Å². The molecule has 1 heterocycles. The van der Waals surface area contributed by atoms with Crippen molar-refractivity contribution in [3.63, 3.8) is 0 Å². The van der Waals surface area contributed by atoms with E-state index >= 15 is 0 Å². The first-order valence-electron chi connectivity index (χ1n) is 6.14.